The summed E-state index contributed by atoms with van der Waals surface area (Å²) < 4.78 is 12.7. The third kappa shape index (κ3) is 3.43. The van der Waals surface area contributed by atoms with Gasteiger partial charge in [-0.15, -0.1) is 0 Å². The number of aliphatic imine (C=N–C) groups is 1. The van der Waals surface area contributed by atoms with Crippen molar-refractivity contribution in [1.29, 1.82) is 0 Å². The second-order valence-corrected chi connectivity index (χ2v) is 4.57. The van der Waals surface area contributed by atoms with Gasteiger partial charge in [-0.05, 0) is 37.0 Å². The summed E-state index contributed by atoms with van der Waals surface area (Å²) >= 11 is 0. The zero-order chi connectivity index (χ0) is 13.0. The highest BCUT2D eigenvalue weighted by atomic mass is 19.1. The van der Waals surface area contributed by atoms with Gasteiger partial charge >= 0.3 is 0 Å². The lowest BCUT2D eigenvalue weighted by Crippen LogP contribution is -2.43. The van der Waals surface area contributed by atoms with Crippen molar-refractivity contribution in [3.8, 4) is 0 Å². The molecule has 0 aliphatic heterocycles. The lowest BCUT2D eigenvalue weighted by Gasteiger charge is -2.26. The first-order valence-corrected chi connectivity index (χ1v) is 6.15. The average molecular weight is 251 g/mol. The van der Waals surface area contributed by atoms with E-state index in [0.29, 0.717) is 17.6 Å². The number of hydrogen-bond acceptors (Lipinski definition) is 2. The van der Waals surface area contributed by atoms with Crippen molar-refractivity contribution in [2.24, 2.45) is 10.7 Å². The fourth-order valence-electron chi connectivity index (χ4n) is 1.78. The molecule has 0 spiro atoms. The molecule has 1 aromatic rings. The van der Waals surface area contributed by atoms with Crippen LogP contribution in [0.15, 0.2) is 29.3 Å². The zero-order valence-corrected chi connectivity index (χ0v) is 10.1. The smallest absolute Gasteiger partial charge is 0.188 e. The van der Waals surface area contributed by atoms with Crippen LogP contribution in [0.4, 0.5) is 4.39 Å². The second-order valence-electron chi connectivity index (χ2n) is 4.57. The van der Waals surface area contributed by atoms with Gasteiger partial charge in [0.25, 0.3) is 0 Å². The van der Waals surface area contributed by atoms with Crippen LogP contribution >= 0.6 is 0 Å². The van der Waals surface area contributed by atoms with Crippen molar-refractivity contribution in [3.63, 3.8) is 0 Å². The van der Waals surface area contributed by atoms with E-state index in [-0.39, 0.29) is 12.4 Å². The minimum atomic E-state index is -0.757. The lowest BCUT2D eigenvalue weighted by atomic mass is 9.93. The summed E-state index contributed by atoms with van der Waals surface area (Å²) in [5.74, 6) is 0.0430. The van der Waals surface area contributed by atoms with Crippen LogP contribution in [0.5, 0.6) is 0 Å². The van der Waals surface area contributed by atoms with Crippen LogP contribution in [0.1, 0.15) is 30.9 Å². The maximum Gasteiger partial charge on any atom is 0.188 e. The van der Waals surface area contributed by atoms with Crippen molar-refractivity contribution in [2.45, 2.75) is 31.4 Å². The van der Waals surface area contributed by atoms with Crippen LogP contribution < -0.4 is 11.1 Å². The van der Waals surface area contributed by atoms with Gasteiger partial charge in [0.15, 0.2) is 5.96 Å². The van der Waals surface area contributed by atoms with Gasteiger partial charge in [-0.2, -0.15) is 0 Å². The van der Waals surface area contributed by atoms with Gasteiger partial charge in [0, 0.05) is 6.04 Å². The van der Waals surface area contributed by atoms with Gasteiger partial charge in [-0.3, -0.25) is 4.99 Å². The van der Waals surface area contributed by atoms with E-state index in [9.17, 15) is 9.50 Å². The van der Waals surface area contributed by atoms with Crippen molar-refractivity contribution < 1.29 is 9.50 Å². The Kier molecular flexibility index (Phi) is 4.15. The van der Waals surface area contributed by atoms with Gasteiger partial charge in [0.05, 0.1) is 12.6 Å². The van der Waals surface area contributed by atoms with Crippen LogP contribution in [0, 0.1) is 5.82 Å². The molecule has 1 atom stereocenters. The number of aliphatic hydroxyl groups excluding tert-OH is 1. The Labute approximate surface area is 106 Å². The molecular weight excluding hydrogens is 233 g/mol. The average Bonchev–Trinajstić information content (AvgIpc) is 2.32. The number of halogens is 1. The highest BCUT2D eigenvalue weighted by Crippen LogP contribution is 2.17. The molecule has 4 N–H and O–H groups in total. The number of benzene rings is 1. The predicted octanol–water partition coefficient (Wildman–Crippen LogP) is 1.32. The molecule has 5 heteroatoms. The fourth-order valence-corrected chi connectivity index (χ4v) is 1.78. The lowest BCUT2D eigenvalue weighted by molar-refractivity contribution is 0.187. The van der Waals surface area contributed by atoms with Crippen molar-refractivity contribution in [2.75, 3.05) is 6.54 Å². The Balaban J connectivity index is 1.84. The molecule has 1 aliphatic carbocycles. The standard InChI is InChI=1S/C13H18FN3O/c14-10-6-4-9(5-7-10)12(18)8-16-13(15)17-11-2-1-3-11/h4-7,11-12,18H,1-3,8H2,(H3,15,16,17)/t12-/m1/s1. The Morgan fingerprint density at radius 2 is 2.11 bits per heavy atom. The van der Waals surface area contributed by atoms with Gasteiger partial charge in [0.1, 0.15) is 5.82 Å². The first-order chi connectivity index (χ1) is 8.65. The first-order valence-electron chi connectivity index (χ1n) is 6.15. The number of rotatable bonds is 4. The van der Waals surface area contributed by atoms with E-state index in [0.717, 1.165) is 12.8 Å². The van der Waals surface area contributed by atoms with Crippen LogP contribution in [-0.4, -0.2) is 23.7 Å². The van der Waals surface area contributed by atoms with Crippen LogP contribution in [0.3, 0.4) is 0 Å². The van der Waals surface area contributed by atoms with Gasteiger partial charge in [-0.1, -0.05) is 12.1 Å². The van der Waals surface area contributed by atoms with Gasteiger partial charge in [-0.25, -0.2) is 4.39 Å². The summed E-state index contributed by atoms with van der Waals surface area (Å²) in [7, 11) is 0. The molecule has 1 aliphatic rings. The molecule has 0 radical (unpaired) electrons. The number of nitrogens with one attached hydrogen (secondary N) is 1. The molecule has 0 bridgehead atoms. The molecule has 0 saturated heterocycles. The summed E-state index contributed by atoms with van der Waals surface area (Å²) in [5.41, 5.74) is 6.34. The normalized spacial score (nSPS) is 18.2. The minimum absolute atomic E-state index is 0.178. The maximum absolute atomic E-state index is 12.7. The fraction of sp³-hybridized carbons (Fsp3) is 0.462. The van der Waals surface area contributed by atoms with Crippen LogP contribution in [0.2, 0.25) is 0 Å². The number of nitrogens with zero attached hydrogens (tertiary/aromatic N) is 1. The second kappa shape index (κ2) is 5.82. The number of hydrogen-bond donors (Lipinski definition) is 3. The molecule has 1 fully saturated rings. The Bertz CT molecular complexity index is 415. The Hall–Kier alpha value is -1.62. The first kappa shape index (κ1) is 12.8. The zero-order valence-electron chi connectivity index (χ0n) is 10.1. The van der Waals surface area contributed by atoms with E-state index >= 15 is 0 Å². The summed E-state index contributed by atoms with van der Waals surface area (Å²) in [6.07, 6.45) is 2.71. The van der Waals surface area contributed by atoms with Crippen LogP contribution in [0.25, 0.3) is 0 Å². The Morgan fingerprint density at radius 1 is 1.44 bits per heavy atom. The van der Waals surface area contributed by atoms with Crippen LogP contribution in [-0.2, 0) is 0 Å². The molecule has 1 saturated carbocycles. The van der Waals surface area contributed by atoms with Crippen molar-refractivity contribution in [3.05, 3.63) is 35.6 Å². The van der Waals surface area contributed by atoms with Crippen molar-refractivity contribution in [1.82, 2.24) is 5.32 Å². The van der Waals surface area contributed by atoms with E-state index in [1.54, 1.807) is 12.1 Å². The topological polar surface area (TPSA) is 70.6 Å². The molecule has 0 aromatic heterocycles. The summed E-state index contributed by atoms with van der Waals surface area (Å²) in [5, 5.41) is 12.9. The summed E-state index contributed by atoms with van der Waals surface area (Å²) in [4.78, 5) is 4.08. The SMILES string of the molecule is NC(=NC[C@@H](O)c1ccc(F)cc1)NC1CCC1. The molecule has 2 rings (SSSR count). The molecule has 18 heavy (non-hydrogen) atoms. The molecule has 0 amide bonds. The van der Waals surface area contributed by atoms with E-state index in [1.807, 2.05) is 0 Å². The van der Waals surface area contributed by atoms with E-state index in [2.05, 4.69) is 10.3 Å². The summed E-state index contributed by atoms with van der Waals surface area (Å²) in [6, 6.07) is 6.16. The number of nitrogens with two attached hydrogens (primary N) is 1. The molecular formula is C13H18FN3O. The molecule has 1 aromatic carbocycles. The number of guanidine groups is 1. The third-order valence-electron chi connectivity index (χ3n) is 3.15. The maximum atomic E-state index is 12.7. The third-order valence-corrected chi connectivity index (χ3v) is 3.15. The molecule has 98 valence electrons. The van der Waals surface area contributed by atoms with E-state index in [4.69, 9.17) is 5.73 Å². The quantitative estimate of drug-likeness (QED) is 0.558. The molecule has 0 unspecified atom stereocenters. The molecule has 4 nitrogen and oxygen atoms in total. The number of aliphatic hydroxyl groups is 1. The van der Waals surface area contributed by atoms with Gasteiger partial charge < -0.3 is 16.2 Å². The highest BCUT2D eigenvalue weighted by Gasteiger charge is 2.17. The van der Waals surface area contributed by atoms with E-state index in [1.165, 1.54) is 18.6 Å². The molecule has 0 heterocycles. The Morgan fingerprint density at radius 3 is 2.67 bits per heavy atom. The summed E-state index contributed by atoms with van der Waals surface area (Å²) in [6.45, 7) is 0.178. The van der Waals surface area contributed by atoms with Gasteiger partial charge in [0.2, 0.25) is 0 Å². The highest BCUT2D eigenvalue weighted by molar-refractivity contribution is 5.78. The van der Waals surface area contributed by atoms with E-state index < -0.39 is 6.10 Å². The largest absolute Gasteiger partial charge is 0.386 e. The monoisotopic (exact) mass is 251 g/mol. The minimum Gasteiger partial charge on any atom is -0.386 e. The van der Waals surface area contributed by atoms with Crippen molar-refractivity contribution >= 4 is 5.96 Å². The predicted molar refractivity (Wildman–Crippen MR) is 68.6 cm³/mol.